The van der Waals surface area contributed by atoms with Crippen LogP contribution in [0.2, 0.25) is 0 Å². The van der Waals surface area contributed by atoms with E-state index in [0.29, 0.717) is 0 Å². The maximum atomic E-state index is 12.3. The van der Waals surface area contributed by atoms with E-state index in [2.05, 4.69) is 16.7 Å². The van der Waals surface area contributed by atoms with Gasteiger partial charge in [-0.1, -0.05) is 6.07 Å². The summed E-state index contributed by atoms with van der Waals surface area (Å²) in [4.78, 5) is 12.3. The van der Waals surface area contributed by atoms with Crippen molar-refractivity contribution in [3.05, 3.63) is 29.3 Å². The quantitative estimate of drug-likeness (QED) is 0.864. The van der Waals surface area contributed by atoms with Crippen molar-refractivity contribution in [2.75, 3.05) is 18.4 Å². The number of nitrogens with one attached hydrogen (secondary N) is 2. The maximum absolute atomic E-state index is 12.3. The first-order valence-electron chi connectivity index (χ1n) is 7.96. The molecule has 2 aliphatic carbocycles. The van der Waals surface area contributed by atoms with Crippen LogP contribution in [0.1, 0.15) is 41.6 Å². The molecule has 3 nitrogen and oxygen atoms in total. The highest BCUT2D eigenvalue weighted by atomic mass is 16.1. The minimum absolute atomic E-state index is 0.0906. The van der Waals surface area contributed by atoms with Gasteiger partial charge in [0.05, 0.1) is 0 Å². The van der Waals surface area contributed by atoms with E-state index >= 15 is 0 Å². The topological polar surface area (TPSA) is 41.1 Å². The van der Waals surface area contributed by atoms with Gasteiger partial charge in [-0.2, -0.15) is 0 Å². The minimum atomic E-state index is 0.0906. The van der Waals surface area contributed by atoms with Gasteiger partial charge in [0.25, 0.3) is 5.91 Å². The van der Waals surface area contributed by atoms with Crippen LogP contribution in [0, 0.1) is 17.8 Å². The minimum Gasteiger partial charge on any atom is -0.384 e. The number of carbonyl (C=O) groups excluding carboxylic acids is 1. The predicted molar refractivity (Wildman–Crippen MR) is 79.9 cm³/mol. The second-order valence-corrected chi connectivity index (χ2v) is 6.60. The van der Waals surface area contributed by atoms with Crippen LogP contribution in [0.25, 0.3) is 0 Å². The molecule has 106 valence electrons. The van der Waals surface area contributed by atoms with Crippen LogP contribution in [-0.2, 0) is 6.42 Å². The highest BCUT2D eigenvalue weighted by Crippen LogP contribution is 2.48. The Balaban J connectivity index is 1.39. The lowest BCUT2D eigenvalue weighted by Gasteiger charge is -2.16. The molecule has 1 amide bonds. The number of anilines is 1. The summed E-state index contributed by atoms with van der Waals surface area (Å²) >= 11 is 0. The summed E-state index contributed by atoms with van der Waals surface area (Å²) in [6, 6.07) is 6.05. The molecule has 0 bridgehead atoms. The van der Waals surface area contributed by atoms with Gasteiger partial charge < -0.3 is 10.6 Å². The number of carbonyl (C=O) groups is 1. The van der Waals surface area contributed by atoms with Crippen LogP contribution in [0.4, 0.5) is 5.69 Å². The summed E-state index contributed by atoms with van der Waals surface area (Å²) in [5.41, 5.74) is 3.26. The first kappa shape index (κ1) is 12.2. The van der Waals surface area contributed by atoms with Crippen molar-refractivity contribution in [2.24, 2.45) is 17.8 Å². The molecule has 1 aliphatic heterocycles. The number of benzene rings is 1. The average Bonchev–Trinajstić information content (AvgIpc) is 3.38. The second-order valence-electron chi connectivity index (χ2n) is 6.60. The molecule has 20 heavy (non-hydrogen) atoms. The van der Waals surface area contributed by atoms with Crippen LogP contribution in [0.3, 0.4) is 0 Å². The summed E-state index contributed by atoms with van der Waals surface area (Å²) in [5, 5.41) is 6.50. The molecule has 0 atom stereocenters. The molecule has 1 aromatic rings. The zero-order valence-corrected chi connectivity index (χ0v) is 11.8. The first-order chi connectivity index (χ1) is 9.81. The Hall–Kier alpha value is -1.51. The molecule has 1 aromatic carbocycles. The molecule has 2 saturated carbocycles. The Labute approximate surface area is 120 Å². The third-order valence-corrected chi connectivity index (χ3v) is 5.04. The van der Waals surface area contributed by atoms with Crippen molar-refractivity contribution in [1.82, 2.24) is 5.32 Å². The molecule has 1 heterocycles. The molecule has 3 aliphatic rings. The third-order valence-electron chi connectivity index (χ3n) is 5.04. The van der Waals surface area contributed by atoms with E-state index in [0.717, 1.165) is 48.5 Å². The fourth-order valence-corrected chi connectivity index (χ4v) is 3.51. The van der Waals surface area contributed by atoms with Gasteiger partial charge in [0.15, 0.2) is 0 Å². The number of fused-ring (bicyclic) bond motifs is 1. The van der Waals surface area contributed by atoms with E-state index in [-0.39, 0.29) is 5.91 Å². The molecule has 2 fully saturated rings. The van der Waals surface area contributed by atoms with Crippen molar-refractivity contribution >= 4 is 11.6 Å². The zero-order chi connectivity index (χ0) is 13.5. The van der Waals surface area contributed by atoms with Crippen molar-refractivity contribution in [3.8, 4) is 0 Å². The van der Waals surface area contributed by atoms with E-state index in [1.54, 1.807) is 0 Å². The van der Waals surface area contributed by atoms with Crippen LogP contribution < -0.4 is 10.6 Å². The van der Waals surface area contributed by atoms with Gasteiger partial charge in [-0.15, -0.1) is 0 Å². The van der Waals surface area contributed by atoms with Gasteiger partial charge in [0.1, 0.15) is 0 Å². The van der Waals surface area contributed by atoms with Gasteiger partial charge in [0.2, 0.25) is 0 Å². The predicted octanol–water partition coefficient (Wildman–Crippen LogP) is 2.82. The molecule has 2 N–H and O–H groups in total. The zero-order valence-electron chi connectivity index (χ0n) is 11.8. The van der Waals surface area contributed by atoms with Gasteiger partial charge in [-0.05, 0) is 67.6 Å². The summed E-state index contributed by atoms with van der Waals surface area (Å²) in [7, 11) is 0. The molecular formula is C17H22N2O. The lowest BCUT2D eigenvalue weighted by Crippen LogP contribution is -2.31. The summed E-state index contributed by atoms with van der Waals surface area (Å²) in [6.45, 7) is 1.87. The van der Waals surface area contributed by atoms with Crippen molar-refractivity contribution in [1.29, 1.82) is 0 Å². The van der Waals surface area contributed by atoms with Crippen molar-refractivity contribution < 1.29 is 4.79 Å². The van der Waals surface area contributed by atoms with Crippen molar-refractivity contribution in [2.45, 2.75) is 32.1 Å². The summed E-state index contributed by atoms with van der Waals surface area (Å²) in [6.07, 6.45) is 6.57. The smallest absolute Gasteiger partial charge is 0.251 e. The fourth-order valence-electron chi connectivity index (χ4n) is 3.51. The standard InChI is InChI=1S/C17H22N2O/c20-17(14-6-5-13-7-8-18-16(13)9-14)19-10-15(11-1-2-11)12-3-4-12/h5-6,9,11-12,15,18H,1-4,7-8,10H2,(H,19,20). The number of rotatable bonds is 5. The third kappa shape index (κ3) is 2.41. The second kappa shape index (κ2) is 4.80. The van der Waals surface area contributed by atoms with Gasteiger partial charge in [0, 0.05) is 24.3 Å². The summed E-state index contributed by atoms with van der Waals surface area (Å²) < 4.78 is 0. The first-order valence-corrected chi connectivity index (χ1v) is 7.96. The molecule has 0 spiro atoms. The summed E-state index contributed by atoms with van der Waals surface area (Å²) in [5.74, 6) is 2.62. The lowest BCUT2D eigenvalue weighted by atomic mass is 9.98. The van der Waals surface area contributed by atoms with Gasteiger partial charge in [-0.3, -0.25) is 4.79 Å². The Morgan fingerprint density at radius 3 is 2.70 bits per heavy atom. The lowest BCUT2D eigenvalue weighted by molar-refractivity contribution is 0.0943. The SMILES string of the molecule is O=C(NCC(C1CC1)C1CC1)c1ccc2c(c1)NCC2. The Morgan fingerprint density at radius 1 is 1.25 bits per heavy atom. The number of amides is 1. The van der Waals surface area contributed by atoms with Crippen LogP contribution >= 0.6 is 0 Å². The van der Waals surface area contributed by atoms with E-state index in [1.807, 2.05) is 12.1 Å². The number of hydrogen-bond donors (Lipinski definition) is 2. The largest absolute Gasteiger partial charge is 0.384 e. The maximum Gasteiger partial charge on any atom is 0.251 e. The van der Waals surface area contributed by atoms with Crippen LogP contribution in [0.5, 0.6) is 0 Å². The average molecular weight is 270 g/mol. The molecule has 0 unspecified atom stereocenters. The van der Waals surface area contributed by atoms with Gasteiger partial charge in [-0.25, -0.2) is 0 Å². The van der Waals surface area contributed by atoms with Crippen molar-refractivity contribution in [3.63, 3.8) is 0 Å². The van der Waals surface area contributed by atoms with Crippen LogP contribution in [0.15, 0.2) is 18.2 Å². The van der Waals surface area contributed by atoms with E-state index in [9.17, 15) is 4.79 Å². The monoisotopic (exact) mass is 270 g/mol. The highest BCUT2D eigenvalue weighted by molar-refractivity contribution is 5.95. The number of hydrogen-bond acceptors (Lipinski definition) is 2. The Morgan fingerprint density at radius 2 is 2.00 bits per heavy atom. The molecule has 0 aromatic heterocycles. The van der Waals surface area contributed by atoms with E-state index in [1.165, 1.54) is 31.2 Å². The molecule has 4 rings (SSSR count). The van der Waals surface area contributed by atoms with Gasteiger partial charge >= 0.3 is 0 Å². The van der Waals surface area contributed by atoms with E-state index in [4.69, 9.17) is 0 Å². The fraction of sp³-hybridized carbons (Fsp3) is 0.588. The van der Waals surface area contributed by atoms with Crippen LogP contribution in [-0.4, -0.2) is 19.0 Å². The molecule has 0 radical (unpaired) electrons. The molecule has 0 saturated heterocycles. The molecule has 3 heteroatoms. The highest BCUT2D eigenvalue weighted by Gasteiger charge is 2.41. The normalized spacial score (nSPS) is 20.6. The molecular weight excluding hydrogens is 248 g/mol. The van der Waals surface area contributed by atoms with E-state index < -0.39 is 0 Å². The Kier molecular flexibility index (Phi) is 2.94. The Bertz CT molecular complexity index is 520.